The van der Waals surface area contributed by atoms with Gasteiger partial charge in [0.15, 0.2) is 0 Å². The van der Waals surface area contributed by atoms with Crippen LogP contribution in [0.15, 0.2) is 12.1 Å². The van der Waals surface area contributed by atoms with Crippen LogP contribution < -0.4 is 0 Å². The molecule has 0 atom stereocenters. The second-order valence-corrected chi connectivity index (χ2v) is 2.83. The molecule has 74 valence electrons. The molecule has 0 aromatic heterocycles. The van der Waals surface area contributed by atoms with Crippen LogP contribution in [0.5, 0.6) is 0 Å². The summed E-state index contributed by atoms with van der Waals surface area (Å²) in [6.45, 7) is 0. The molecule has 0 aliphatic carbocycles. The maximum absolute atomic E-state index is 12.6. The number of benzene rings is 1. The van der Waals surface area contributed by atoms with Crippen LogP contribution in [0.3, 0.4) is 0 Å². The second kappa shape index (κ2) is 3.46. The van der Waals surface area contributed by atoms with Crippen LogP contribution in [0.1, 0.15) is 11.1 Å². The molecule has 0 heterocycles. The standard InChI is InChI=1S/C8H2ClF4N/c9-6-2-5(10)1-4(3-14)7(6)8(11,12)13/h1-2H. The Hall–Kier alpha value is -1.28. The fourth-order valence-corrected chi connectivity index (χ4v) is 1.26. The van der Waals surface area contributed by atoms with Crippen molar-refractivity contribution in [3.8, 4) is 6.07 Å². The highest BCUT2D eigenvalue weighted by Gasteiger charge is 2.36. The third kappa shape index (κ3) is 1.96. The molecule has 0 N–H and O–H groups in total. The first-order valence-electron chi connectivity index (χ1n) is 3.32. The lowest BCUT2D eigenvalue weighted by Crippen LogP contribution is -2.09. The Morgan fingerprint density at radius 2 is 1.86 bits per heavy atom. The number of alkyl halides is 3. The zero-order chi connectivity index (χ0) is 10.9. The van der Waals surface area contributed by atoms with Crippen LogP contribution in [-0.4, -0.2) is 0 Å². The minimum atomic E-state index is -4.75. The van der Waals surface area contributed by atoms with Crippen molar-refractivity contribution >= 4 is 11.6 Å². The van der Waals surface area contributed by atoms with Gasteiger partial charge in [-0.25, -0.2) is 4.39 Å². The van der Waals surface area contributed by atoms with Crippen molar-refractivity contribution in [2.24, 2.45) is 0 Å². The van der Waals surface area contributed by atoms with E-state index in [-0.39, 0.29) is 0 Å². The molecule has 14 heavy (non-hydrogen) atoms. The molecule has 0 unspecified atom stereocenters. The summed E-state index contributed by atoms with van der Waals surface area (Å²) in [6, 6.07) is 2.25. The highest BCUT2D eigenvalue weighted by molar-refractivity contribution is 6.31. The molecule has 0 spiro atoms. The van der Waals surface area contributed by atoms with Gasteiger partial charge in [-0.1, -0.05) is 11.6 Å². The van der Waals surface area contributed by atoms with Gasteiger partial charge in [0.2, 0.25) is 0 Å². The summed E-state index contributed by atoms with van der Waals surface area (Å²) in [5.41, 5.74) is -2.12. The zero-order valence-corrected chi connectivity index (χ0v) is 7.25. The van der Waals surface area contributed by atoms with E-state index in [1.807, 2.05) is 0 Å². The van der Waals surface area contributed by atoms with Gasteiger partial charge in [0, 0.05) is 0 Å². The average molecular weight is 224 g/mol. The van der Waals surface area contributed by atoms with E-state index in [2.05, 4.69) is 0 Å². The number of hydrogen-bond acceptors (Lipinski definition) is 1. The molecular formula is C8H2ClF4N. The number of rotatable bonds is 0. The van der Waals surface area contributed by atoms with E-state index in [4.69, 9.17) is 16.9 Å². The Balaban J connectivity index is 3.51. The van der Waals surface area contributed by atoms with Crippen LogP contribution in [0.2, 0.25) is 5.02 Å². The summed E-state index contributed by atoms with van der Waals surface area (Å²) in [6.07, 6.45) is -4.75. The summed E-state index contributed by atoms with van der Waals surface area (Å²) in [5.74, 6) is -0.973. The van der Waals surface area contributed by atoms with E-state index in [1.165, 1.54) is 6.07 Å². The Morgan fingerprint density at radius 1 is 1.29 bits per heavy atom. The summed E-state index contributed by atoms with van der Waals surface area (Å²) < 4.78 is 49.4. The maximum Gasteiger partial charge on any atom is 0.419 e. The fraction of sp³-hybridized carbons (Fsp3) is 0.125. The molecule has 0 fully saturated rings. The Kier molecular flexibility index (Phi) is 2.67. The predicted molar refractivity (Wildman–Crippen MR) is 41.1 cm³/mol. The van der Waals surface area contributed by atoms with Gasteiger partial charge in [-0.2, -0.15) is 18.4 Å². The highest BCUT2D eigenvalue weighted by Crippen LogP contribution is 2.37. The molecule has 0 radical (unpaired) electrons. The molecule has 1 aromatic carbocycles. The molecule has 0 bridgehead atoms. The second-order valence-electron chi connectivity index (χ2n) is 2.42. The average Bonchev–Trinajstić information content (AvgIpc) is 1.99. The molecule has 1 nitrogen and oxygen atoms in total. The summed E-state index contributed by atoms with van der Waals surface area (Å²) >= 11 is 5.19. The largest absolute Gasteiger partial charge is 0.419 e. The minimum Gasteiger partial charge on any atom is -0.207 e. The van der Waals surface area contributed by atoms with E-state index in [0.29, 0.717) is 12.1 Å². The van der Waals surface area contributed by atoms with Crippen molar-refractivity contribution in [3.05, 3.63) is 34.1 Å². The lowest BCUT2D eigenvalue weighted by atomic mass is 10.1. The third-order valence-electron chi connectivity index (χ3n) is 1.46. The summed E-state index contributed by atoms with van der Waals surface area (Å²) in [5, 5.41) is 7.54. The third-order valence-corrected chi connectivity index (χ3v) is 1.76. The molecule has 0 saturated carbocycles. The lowest BCUT2D eigenvalue weighted by Gasteiger charge is -2.10. The monoisotopic (exact) mass is 223 g/mol. The first-order valence-corrected chi connectivity index (χ1v) is 3.70. The van der Waals surface area contributed by atoms with Crippen molar-refractivity contribution < 1.29 is 17.6 Å². The van der Waals surface area contributed by atoms with E-state index >= 15 is 0 Å². The molecule has 1 aromatic rings. The number of nitriles is 1. The van der Waals surface area contributed by atoms with Gasteiger partial charge in [-0.05, 0) is 12.1 Å². The van der Waals surface area contributed by atoms with Gasteiger partial charge >= 0.3 is 6.18 Å². The molecule has 0 amide bonds. The molecule has 0 aliphatic heterocycles. The van der Waals surface area contributed by atoms with Gasteiger partial charge in [-0.15, -0.1) is 0 Å². The van der Waals surface area contributed by atoms with Crippen LogP contribution in [0.4, 0.5) is 17.6 Å². The van der Waals surface area contributed by atoms with Gasteiger partial charge < -0.3 is 0 Å². The van der Waals surface area contributed by atoms with Crippen LogP contribution in [-0.2, 0) is 6.18 Å². The number of halogens is 5. The fourth-order valence-electron chi connectivity index (χ4n) is 0.950. The van der Waals surface area contributed by atoms with Crippen molar-refractivity contribution in [1.29, 1.82) is 5.26 Å². The van der Waals surface area contributed by atoms with E-state index in [0.717, 1.165) is 0 Å². The zero-order valence-electron chi connectivity index (χ0n) is 6.49. The number of hydrogen-bond donors (Lipinski definition) is 0. The van der Waals surface area contributed by atoms with Gasteiger partial charge in [0.1, 0.15) is 5.82 Å². The van der Waals surface area contributed by atoms with E-state index in [1.54, 1.807) is 0 Å². The predicted octanol–water partition coefficient (Wildman–Crippen LogP) is 3.37. The van der Waals surface area contributed by atoms with Crippen LogP contribution in [0, 0.1) is 17.1 Å². The summed E-state index contributed by atoms with van der Waals surface area (Å²) in [7, 11) is 0. The lowest BCUT2D eigenvalue weighted by molar-refractivity contribution is -0.137. The van der Waals surface area contributed by atoms with Crippen molar-refractivity contribution in [1.82, 2.24) is 0 Å². The van der Waals surface area contributed by atoms with Crippen molar-refractivity contribution in [3.63, 3.8) is 0 Å². The van der Waals surface area contributed by atoms with Crippen LogP contribution in [0.25, 0.3) is 0 Å². The van der Waals surface area contributed by atoms with Gasteiger partial charge in [-0.3, -0.25) is 0 Å². The van der Waals surface area contributed by atoms with E-state index in [9.17, 15) is 17.6 Å². The van der Waals surface area contributed by atoms with Crippen molar-refractivity contribution in [2.45, 2.75) is 6.18 Å². The van der Waals surface area contributed by atoms with E-state index < -0.39 is 28.1 Å². The normalized spacial score (nSPS) is 11.1. The molecular weight excluding hydrogens is 222 g/mol. The Morgan fingerprint density at radius 3 is 2.29 bits per heavy atom. The Bertz CT molecular complexity index is 405. The Labute approximate surface area is 81.5 Å². The SMILES string of the molecule is N#Cc1cc(F)cc(Cl)c1C(F)(F)F. The van der Waals surface area contributed by atoms with Crippen LogP contribution >= 0.6 is 11.6 Å². The van der Waals surface area contributed by atoms with Crippen molar-refractivity contribution in [2.75, 3.05) is 0 Å². The maximum atomic E-state index is 12.6. The first-order chi connectivity index (χ1) is 6.36. The molecule has 0 aliphatic rings. The minimum absolute atomic E-state index is 0.495. The molecule has 6 heteroatoms. The highest BCUT2D eigenvalue weighted by atomic mass is 35.5. The van der Waals surface area contributed by atoms with Gasteiger partial charge in [0.25, 0.3) is 0 Å². The topological polar surface area (TPSA) is 23.8 Å². The van der Waals surface area contributed by atoms with Gasteiger partial charge in [0.05, 0.1) is 22.2 Å². The first kappa shape index (κ1) is 10.8. The summed E-state index contributed by atoms with van der Waals surface area (Å²) in [4.78, 5) is 0. The molecule has 1 rings (SSSR count). The smallest absolute Gasteiger partial charge is 0.207 e. The quantitative estimate of drug-likeness (QED) is 0.619. The molecule has 0 saturated heterocycles. The number of nitrogens with zero attached hydrogens (tertiary/aromatic N) is 1.